The van der Waals surface area contributed by atoms with E-state index in [1.54, 1.807) is 13.0 Å². The van der Waals surface area contributed by atoms with Gasteiger partial charge < -0.3 is 4.74 Å². The molecule has 0 unspecified atom stereocenters. The highest BCUT2D eigenvalue weighted by Crippen LogP contribution is 2.20. The molecular weight excluding hydrogens is 188 g/mol. The van der Waals surface area contributed by atoms with Gasteiger partial charge in [-0.25, -0.2) is 0 Å². The van der Waals surface area contributed by atoms with Crippen molar-refractivity contribution in [2.45, 2.75) is 13.3 Å². The van der Waals surface area contributed by atoms with Crippen molar-refractivity contribution in [1.29, 1.82) is 0 Å². The van der Waals surface area contributed by atoms with Crippen molar-refractivity contribution in [3.8, 4) is 5.75 Å². The molecule has 0 heterocycles. The maximum atomic E-state index is 11.1. The van der Waals surface area contributed by atoms with E-state index in [4.69, 9.17) is 4.74 Å². The molecule has 2 nitrogen and oxygen atoms in total. The lowest BCUT2D eigenvalue weighted by Gasteiger charge is -2.03. The Bertz CT molecular complexity index is 489. The van der Waals surface area contributed by atoms with E-state index in [0.717, 1.165) is 10.8 Å². The van der Waals surface area contributed by atoms with Crippen LogP contribution in [-0.4, -0.2) is 5.97 Å². The molecule has 0 saturated carbocycles. The van der Waals surface area contributed by atoms with Gasteiger partial charge in [0.2, 0.25) is 0 Å². The highest BCUT2D eigenvalue weighted by Gasteiger charge is 2.01. The third-order valence-electron chi connectivity index (χ3n) is 2.18. The summed E-state index contributed by atoms with van der Waals surface area (Å²) in [6.07, 6.45) is 0.389. The van der Waals surface area contributed by atoms with Crippen LogP contribution in [0, 0.1) is 6.07 Å². The smallest absolute Gasteiger partial charge is 0.310 e. The summed E-state index contributed by atoms with van der Waals surface area (Å²) in [7, 11) is 0. The summed E-state index contributed by atoms with van der Waals surface area (Å²) >= 11 is 0. The van der Waals surface area contributed by atoms with Gasteiger partial charge in [0.05, 0.1) is 0 Å². The van der Waals surface area contributed by atoms with Gasteiger partial charge in [-0.2, -0.15) is 0 Å². The molecule has 0 saturated heterocycles. The number of hydrogen-bond donors (Lipinski definition) is 0. The van der Waals surface area contributed by atoms with Gasteiger partial charge in [-0.1, -0.05) is 25.1 Å². The van der Waals surface area contributed by atoms with Crippen molar-refractivity contribution in [1.82, 2.24) is 0 Å². The van der Waals surface area contributed by atoms with Crippen LogP contribution in [0.5, 0.6) is 5.75 Å². The first-order chi connectivity index (χ1) is 7.29. The fourth-order valence-corrected chi connectivity index (χ4v) is 1.37. The number of fused-ring (bicyclic) bond motifs is 1. The molecular formula is C13H11O2. The molecule has 0 N–H and O–H groups in total. The Morgan fingerprint density at radius 1 is 1.33 bits per heavy atom. The largest absolute Gasteiger partial charge is 0.427 e. The van der Waals surface area contributed by atoms with Crippen LogP contribution >= 0.6 is 0 Å². The lowest BCUT2D eigenvalue weighted by atomic mass is 10.1. The standard InChI is InChI=1S/C13H11O2/c1-2-13(14)15-12-8-7-10-5-3-4-6-11(10)9-12/h4-9H,2H2,1H3. The van der Waals surface area contributed by atoms with E-state index in [2.05, 4.69) is 6.07 Å². The third-order valence-corrected chi connectivity index (χ3v) is 2.18. The number of benzene rings is 2. The van der Waals surface area contributed by atoms with Crippen LogP contribution < -0.4 is 4.74 Å². The maximum Gasteiger partial charge on any atom is 0.310 e. The normalized spacial score (nSPS) is 10.2. The first kappa shape index (κ1) is 9.71. The topological polar surface area (TPSA) is 26.3 Å². The van der Waals surface area contributed by atoms with Crippen LogP contribution in [0.4, 0.5) is 0 Å². The Labute approximate surface area is 88.5 Å². The molecule has 2 aromatic rings. The van der Waals surface area contributed by atoms with Gasteiger partial charge in [0.25, 0.3) is 0 Å². The summed E-state index contributed by atoms with van der Waals surface area (Å²) in [5.41, 5.74) is 0. The number of carbonyl (C=O) groups is 1. The average molecular weight is 199 g/mol. The molecule has 0 aliphatic rings. The Morgan fingerprint density at radius 3 is 3.00 bits per heavy atom. The first-order valence-corrected chi connectivity index (χ1v) is 4.90. The average Bonchev–Trinajstić information content (AvgIpc) is 2.29. The first-order valence-electron chi connectivity index (χ1n) is 4.90. The predicted octanol–water partition coefficient (Wildman–Crippen LogP) is 2.96. The predicted molar refractivity (Wildman–Crippen MR) is 58.7 cm³/mol. The summed E-state index contributed by atoms with van der Waals surface area (Å²) in [6, 6.07) is 14.3. The van der Waals surface area contributed by atoms with E-state index in [9.17, 15) is 4.79 Å². The molecule has 0 aliphatic carbocycles. The van der Waals surface area contributed by atoms with Gasteiger partial charge in [0.1, 0.15) is 5.75 Å². The second-order valence-electron chi connectivity index (χ2n) is 3.26. The van der Waals surface area contributed by atoms with E-state index in [1.165, 1.54) is 0 Å². The number of rotatable bonds is 2. The van der Waals surface area contributed by atoms with E-state index in [1.807, 2.05) is 30.3 Å². The number of esters is 1. The zero-order chi connectivity index (χ0) is 10.7. The zero-order valence-electron chi connectivity index (χ0n) is 8.49. The van der Waals surface area contributed by atoms with Crippen molar-refractivity contribution in [2.24, 2.45) is 0 Å². The molecule has 2 aromatic carbocycles. The van der Waals surface area contributed by atoms with Crippen molar-refractivity contribution in [2.75, 3.05) is 0 Å². The van der Waals surface area contributed by atoms with Crippen molar-refractivity contribution < 1.29 is 9.53 Å². The number of carbonyl (C=O) groups excluding carboxylic acids is 1. The fourth-order valence-electron chi connectivity index (χ4n) is 1.37. The van der Waals surface area contributed by atoms with E-state index in [-0.39, 0.29) is 5.97 Å². The summed E-state index contributed by atoms with van der Waals surface area (Å²) in [5, 5.41) is 2.14. The minimum atomic E-state index is -0.211. The Morgan fingerprint density at radius 2 is 2.20 bits per heavy atom. The molecule has 75 valence electrons. The van der Waals surface area contributed by atoms with Crippen molar-refractivity contribution in [3.05, 3.63) is 42.5 Å². The Kier molecular flexibility index (Phi) is 2.68. The Balaban J connectivity index is 2.34. The van der Waals surface area contributed by atoms with Gasteiger partial charge in [0, 0.05) is 6.42 Å². The van der Waals surface area contributed by atoms with Gasteiger partial charge >= 0.3 is 5.97 Å². The van der Waals surface area contributed by atoms with Crippen LogP contribution in [0.1, 0.15) is 13.3 Å². The third kappa shape index (κ3) is 2.15. The van der Waals surface area contributed by atoms with E-state index < -0.39 is 0 Å². The molecule has 0 spiro atoms. The quantitative estimate of drug-likeness (QED) is 0.549. The fraction of sp³-hybridized carbons (Fsp3) is 0.154. The second kappa shape index (κ2) is 4.13. The summed E-state index contributed by atoms with van der Waals surface area (Å²) < 4.78 is 5.12. The molecule has 2 rings (SSSR count). The SMILES string of the molecule is CCC(=O)Oc1ccc2c[c]ccc2c1. The Hall–Kier alpha value is -1.83. The molecule has 0 aliphatic heterocycles. The molecule has 0 atom stereocenters. The highest BCUT2D eigenvalue weighted by atomic mass is 16.5. The van der Waals surface area contributed by atoms with Gasteiger partial charge in [-0.3, -0.25) is 4.79 Å². The molecule has 0 aromatic heterocycles. The van der Waals surface area contributed by atoms with Crippen LogP contribution in [0.15, 0.2) is 36.4 Å². The van der Waals surface area contributed by atoms with Crippen molar-refractivity contribution in [3.63, 3.8) is 0 Å². The lowest BCUT2D eigenvalue weighted by molar-refractivity contribution is -0.134. The van der Waals surface area contributed by atoms with Crippen LogP contribution in [0.3, 0.4) is 0 Å². The van der Waals surface area contributed by atoms with E-state index >= 15 is 0 Å². The lowest BCUT2D eigenvalue weighted by Crippen LogP contribution is -2.05. The minimum absolute atomic E-state index is 0.211. The summed E-state index contributed by atoms with van der Waals surface area (Å²) in [4.78, 5) is 11.1. The summed E-state index contributed by atoms with van der Waals surface area (Å²) in [5.74, 6) is 0.386. The number of ether oxygens (including phenoxy) is 1. The molecule has 0 amide bonds. The highest BCUT2D eigenvalue weighted by molar-refractivity contribution is 5.84. The van der Waals surface area contributed by atoms with Crippen LogP contribution in [0.25, 0.3) is 10.8 Å². The molecule has 0 fully saturated rings. The molecule has 15 heavy (non-hydrogen) atoms. The van der Waals surface area contributed by atoms with Crippen LogP contribution in [-0.2, 0) is 4.79 Å². The number of hydrogen-bond acceptors (Lipinski definition) is 2. The van der Waals surface area contributed by atoms with Gasteiger partial charge in [-0.05, 0) is 35.0 Å². The minimum Gasteiger partial charge on any atom is -0.427 e. The van der Waals surface area contributed by atoms with Gasteiger partial charge in [0.15, 0.2) is 0 Å². The van der Waals surface area contributed by atoms with Gasteiger partial charge in [-0.15, -0.1) is 0 Å². The van der Waals surface area contributed by atoms with Crippen LogP contribution in [0.2, 0.25) is 0 Å². The maximum absolute atomic E-state index is 11.1. The monoisotopic (exact) mass is 199 g/mol. The molecule has 1 radical (unpaired) electrons. The second-order valence-corrected chi connectivity index (χ2v) is 3.26. The molecule has 0 bridgehead atoms. The summed E-state index contributed by atoms with van der Waals surface area (Å²) in [6.45, 7) is 1.78. The van der Waals surface area contributed by atoms with E-state index in [0.29, 0.717) is 12.2 Å². The van der Waals surface area contributed by atoms with Crippen molar-refractivity contribution >= 4 is 16.7 Å². The zero-order valence-corrected chi connectivity index (χ0v) is 8.49. The molecule has 2 heteroatoms.